The minimum absolute atomic E-state index is 0.0959. The number of fused-ring (bicyclic) bond motifs is 1. The molecule has 4 N–H and O–H groups in total. The predicted molar refractivity (Wildman–Crippen MR) is 98.4 cm³/mol. The third kappa shape index (κ3) is 2.79. The van der Waals surface area contributed by atoms with E-state index in [2.05, 4.69) is 9.97 Å². The molecule has 25 heavy (non-hydrogen) atoms. The quantitative estimate of drug-likeness (QED) is 0.728. The highest BCUT2D eigenvalue weighted by Gasteiger charge is 2.26. The Labute approximate surface area is 148 Å². The molecule has 0 spiro atoms. The first kappa shape index (κ1) is 15.8. The van der Waals surface area contributed by atoms with E-state index in [4.69, 9.17) is 16.2 Å². The van der Waals surface area contributed by atoms with Crippen molar-refractivity contribution in [2.75, 3.05) is 37.8 Å². The summed E-state index contributed by atoms with van der Waals surface area (Å²) in [6, 6.07) is 9.63. The van der Waals surface area contributed by atoms with Gasteiger partial charge in [-0.25, -0.2) is 9.97 Å². The highest BCUT2D eigenvalue weighted by atomic mass is 32.1. The molecule has 1 aromatic carbocycles. The molecule has 0 unspecified atom stereocenters. The van der Waals surface area contributed by atoms with E-state index in [1.807, 2.05) is 30.3 Å². The number of anilines is 2. The lowest BCUT2D eigenvalue weighted by Crippen LogP contribution is -2.40. The second-order valence-electron chi connectivity index (χ2n) is 5.73. The van der Waals surface area contributed by atoms with Crippen molar-refractivity contribution >= 4 is 39.1 Å². The summed E-state index contributed by atoms with van der Waals surface area (Å²) < 4.78 is 5.31. The first-order valence-corrected chi connectivity index (χ1v) is 8.74. The largest absolute Gasteiger partial charge is 0.397 e. The molecule has 0 bridgehead atoms. The fraction of sp³-hybridized carbons (Fsp3) is 0.235. The first-order chi connectivity index (χ1) is 12.1. The summed E-state index contributed by atoms with van der Waals surface area (Å²) in [7, 11) is 0. The summed E-state index contributed by atoms with van der Waals surface area (Å²) >= 11 is 1.26. The van der Waals surface area contributed by atoms with Gasteiger partial charge in [0, 0.05) is 18.7 Å². The highest BCUT2D eigenvalue weighted by Crippen LogP contribution is 2.39. The molecule has 0 atom stereocenters. The number of carbonyl (C=O) groups excluding carboxylic acids is 1. The number of ether oxygens (including phenoxy) is 1. The van der Waals surface area contributed by atoms with Crippen LogP contribution >= 0.6 is 11.3 Å². The maximum Gasteiger partial charge on any atom is 0.266 e. The molecule has 128 valence electrons. The monoisotopic (exact) mass is 355 g/mol. The number of thiophene rings is 1. The van der Waals surface area contributed by atoms with Crippen molar-refractivity contribution in [3.63, 3.8) is 0 Å². The SMILES string of the molecule is Nc1nc(-c2ccccc2)c2c(N)c(C(=O)N3CCOCC3)sc2n1. The van der Waals surface area contributed by atoms with Gasteiger partial charge in [-0.1, -0.05) is 30.3 Å². The molecular formula is C17H17N5O2S. The summed E-state index contributed by atoms with van der Waals surface area (Å²) in [5, 5.41) is 0.682. The fourth-order valence-corrected chi connectivity index (χ4v) is 3.98. The van der Waals surface area contributed by atoms with E-state index in [-0.39, 0.29) is 11.9 Å². The average Bonchev–Trinajstić information content (AvgIpc) is 2.98. The molecule has 1 fully saturated rings. The van der Waals surface area contributed by atoms with Crippen LogP contribution in [0.4, 0.5) is 11.6 Å². The number of nitrogens with two attached hydrogens (primary N) is 2. The molecule has 3 heterocycles. The molecule has 4 rings (SSSR count). The summed E-state index contributed by atoms with van der Waals surface area (Å²) in [6.45, 7) is 2.20. The van der Waals surface area contributed by atoms with E-state index < -0.39 is 0 Å². The third-order valence-electron chi connectivity index (χ3n) is 4.15. The lowest BCUT2D eigenvalue weighted by molar-refractivity contribution is 0.0307. The van der Waals surface area contributed by atoms with Crippen molar-refractivity contribution in [3.05, 3.63) is 35.2 Å². The lowest BCUT2D eigenvalue weighted by atomic mass is 10.1. The summed E-state index contributed by atoms with van der Waals surface area (Å²) in [5.41, 5.74) is 14.2. The Morgan fingerprint density at radius 2 is 1.84 bits per heavy atom. The highest BCUT2D eigenvalue weighted by molar-refractivity contribution is 7.21. The number of hydrogen-bond acceptors (Lipinski definition) is 7. The Bertz CT molecular complexity index is 935. The topological polar surface area (TPSA) is 107 Å². The van der Waals surface area contributed by atoms with Crippen molar-refractivity contribution < 1.29 is 9.53 Å². The average molecular weight is 355 g/mol. The zero-order valence-corrected chi connectivity index (χ0v) is 14.3. The van der Waals surface area contributed by atoms with E-state index in [1.54, 1.807) is 4.90 Å². The van der Waals surface area contributed by atoms with Crippen LogP contribution in [0.25, 0.3) is 21.5 Å². The van der Waals surface area contributed by atoms with E-state index in [9.17, 15) is 4.79 Å². The first-order valence-electron chi connectivity index (χ1n) is 7.93. The van der Waals surface area contributed by atoms with Crippen LogP contribution in [-0.4, -0.2) is 47.1 Å². The molecule has 0 radical (unpaired) electrons. The van der Waals surface area contributed by atoms with Crippen LogP contribution in [0, 0.1) is 0 Å². The predicted octanol–water partition coefficient (Wildman–Crippen LogP) is 2.00. The molecule has 0 saturated carbocycles. The third-order valence-corrected chi connectivity index (χ3v) is 5.23. The fourth-order valence-electron chi connectivity index (χ4n) is 2.91. The van der Waals surface area contributed by atoms with Crippen LogP contribution in [0.2, 0.25) is 0 Å². The minimum atomic E-state index is -0.0959. The van der Waals surface area contributed by atoms with Crippen molar-refractivity contribution in [1.82, 2.24) is 14.9 Å². The van der Waals surface area contributed by atoms with Gasteiger partial charge in [-0.2, -0.15) is 0 Å². The van der Waals surface area contributed by atoms with Gasteiger partial charge in [-0.05, 0) is 0 Å². The second kappa shape index (κ2) is 6.30. The number of morpholine rings is 1. The van der Waals surface area contributed by atoms with Gasteiger partial charge < -0.3 is 21.1 Å². The second-order valence-corrected chi connectivity index (χ2v) is 6.73. The van der Waals surface area contributed by atoms with Crippen LogP contribution in [-0.2, 0) is 4.74 Å². The molecule has 1 saturated heterocycles. The van der Waals surface area contributed by atoms with E-state index in [1.165, 1.54) is 11.3 Å². The Morgan fingerprint density at radius 1 is 1.12 bits per heavy atom. The van der Waals surface area contributed by atoms with Gasteiger partial charge in [0.25, 0.3) is 5.91 Å². The molecule has 1 amide bonds. The molecule has 2 aromatic heterocycles. The zero-order chi connectivity index (χ0) is 17.4. The van der Waals surface area contributed by atoms with Crippen LogP contribution in [0.1, 0.15) is 9.67 Å². The van der Waals surface area contributed by atoms with E-state index in [0.717, 1.165) is 5.56 Å². The van der Waals surface area contributed by atoms with Crippen molar-refractivity contribution in [2.45, 2.75) is 0 Å². The van der Waals surface area contributed by atoms with Crippen LogP contribution < -0.4 is 11.5 Å². The van der Waals surface area contributed by atoms with Gasteiger partial charge in [0.1, 0.15) is 9.71 Å². The van der Waals surface area contributed by atoms with Gasteiger partial charge in [0.05, 0.1) is 30.0 Å². The van der Waals surface area contributed by atoms with Gasteiger partial charge >= 0.3 is 0 Å². The lowest BCUT2D eigenvalue weighted by Gasteiger charge is -2.26. The van der Waals surface area contributed by atoms with E-state index in [0.29, 0.717) is 52.8 Å². The zero-order valence-electron chi connectivity index (χ0n) is 13.4. The Hall–Kier alpha value is -2.71. The smallest absolute Gasteiger partial charge is 0.266 e. The van der Waals surface area contributed by atoms with Crippen molar-refractivity contribution in [1.29, 1.82) is 0 Å². The number of nitrogen functional groups attached to an aromatic ring is 2. The van der Waals surface area contributed by atoms with Crippen LogP contribution in [0.3, 0.4) is 0 Å². The molecule has 1 aliphatic rings. The van der Waals surface area contributed by atoms with Gasteiger partial charge in [0.2, 0.25) is 5.95 Å². The van der Waals surface area contributed by atoms with Gasteiger partial charge in [-0.3, -0.25) is 4.79 Å². The standard InChI is InChI=1S/C17H17N5O2S/c18-12-11-13(10-4-2-1-3-5-10)20-17(19)21-15(11)25-14(12)16(23)22-6-8-24-9-7-22/h1-5H,6-9,18H2,(H2,19,20,21). The number of aromatic nitrogens is 2. The summed E-state index contributed by atoms with van der Waals surface area (Å²) in [4.78, 5) is 24.4. The van der Waals surface area contributed by atoms with Gasteiger partial charge in [-0.15, -0.1) is 11.3 Å². The molecule has 1 aliphatic heterocycles. The minimum Gasteiger partial charge on any atom is -0.397 e. The summed E-state index contributed by atoms with van der Waals surface area (Å²) in [6.07, 6.45) is 0. The maximum absolute atomic E-state index is 12.8. The van der Waals surface area contributed by atoms with Crippen LogP contribution in [0.15, 0.2) is 30.3 Å². The molecular weight excluding hydrogens is 338 g/mol. The Kier molecular flexibility index (Phi) is 3.98. The van der Waals surface area contributed by atoms with E-state index >= 15 is 0 Å². The van der Waals surface area contributed by atoms with Crippen LogP contribution in [0.5, 0.6) is 0 Å². The number of rotatable bonds is 2. The normalized spacial score (nSPS) is 14.8. The molecule has 0 aliphatic carbocycles. The number of nitrogens with zero attached hydrogens (tertiary/aromatic N) is 3. The number of amides is 1. The van der Waals surface area contributed by atoms with Gasteiger partial charge in [0.15, 0.2) is 0 Å². The number of hydrogen-bond donors (Lipinski definition) is 2. The molecule has 8 heteroatoms. The Morgan fingerprint density at radius 3 is 2.56 bits per heavy atom. The Balaban J connectivity index is 1.86. The summed E-state index contributed by atoms with van der Waals surface area (Å²) in [5.74, 6) is 0.0688. The number of carbonyl (C=O) groups is 1. The van der Waals surface area contributed by atoms with Crippen molar-refractivity contribution in [3.8, 4) is 11.3 Å². The molecule has 7 nitrogen and oxygen atoms in total. The van der Waals surface area contributed by atoms with Crippen molar-refractivity contribution in [2.24, 2.45) is 0 Å². The molecule has 3 aromatic rings. The number of benzene rings is 1. The maximum atomic E-state index is 12.8.